The molecule has 5 heteroatoms. The molecule has 0 amide bonds. The first-order valence-corrected chi connectivity index (χ1v) is 5.66. The second-order valence-corrected chi connectivity index (χ2v) is 4.44. The summed E-state index contributed by atoms with van der Waals surface area (Å²) in [6, 6.07) is 5.46. The van der Waals surface area contributed by atoms with Crippen LogP contribution in [0, 0.1) is 0 Å². The fourth-order valence-corrected chi connectivity index (χ4v) is 2.09. The number of ether oxygens (including phenoxy) is 2. The molecular formula is C13H19NO3S. The van der Waals surface area contributed by atoms with Crippen LogP contribution in [0.15, 0.2) is 18.2 Å². The molecule has 18 heavy (non-hydrogen) atoms. The maximum atomic E-state index is 11.4. The lowest BCUT2D eigenvalue weighted by molar-refractivity contribution is 0.0600. The minimum Gasteiger partial charge on any atom is -0.489 e. The topological polar surface area (TPSA) is 38.8 Å². The van der Waals surface area contributed by atoms with Gasteiger partial charge >= 0.3 is 5.97 Å². The Kier molecular flexibility index (Phi) is 5.04. The molecule has 100 valence electrons. The maximum absolute atomic E-state index is 11.4. The van der Waals surface area contributed by atoms with Gasteiger partial charge in [0.05, 0.1) is 12.7 Å². The molecule has 2 rings (SSSR count). The Labute approximate surface area is 114 Å². The summed E-state index contributed by atoms with van der Waals surface area (Å²) in [5.41, 5.74) is 1.63. The quantitative estimate of drug-likeness (QED) is 0.729. The van der Waals surface area contributed by atoms with Crippen molar-refractivity contribution in [2.45, 2.75) is 19.6 Å². The van der Waals surface area contributed by atoms with Gasteiger partial charge in [0, 0.05) is 18.7 Å². The van der Waals surface area contributed by atoms with Crippen molar-refractivity contribution in [2.24, 2.45) is 0 Å². The van der Waals surface area contributed by atoms with Crippen LogP contribution in [-0.2, 0) is 11.3 Å². The molecule has 0 saturated carbocycles. The van der Waals surface area contributed by atoms with E-state index >= 15 is 0 Å². The number of hydrogen-bond donors (Lipinski definition) is 0. The molecule has 1 aromatic rings. The third kappa shape index (κ3) is 3.17. The Hall–Kier alpha value is -1.20. The highest BCUT2D eigenvalue weighted by atomic mass is 32.1. The molecule has 0 aromatic heterocycles. The summed E-state index contributed by atoms with van der Waals surface area (Å²) in [5.74, 6) is 0.450. The van der Waals surface area contributed by atoms with Gasteiger partial charge in [-0.1, -0.05) is 6.07 Å². The number of methoxy groups -OCH3 is 1. The summed E-state index contributed by atoms with van der Waals surface area (Å²) >= 11 is 0. The van der Waals surface area contributed by atoms with E-state index in [0.29, 0.717) is 5.56 Å². The number of carbonyl (C=O) groups is 1. The molecule has 0 fully saturated rings. The number of fused-ring (bicyclic) bond motifs is 1. The van der Waals surface area contributed by atoms with E-state index in [2.05, 4.69) is 11.9 Å². The van der Waals surface area contributed by atoms with Crippen molar-refractivity contribution in [3.8, 4) is 5.75 Å². The van der Waals surface area contributed by atoms with Crippen molar-refractivity contribution in [1.29, 1.82) is 0 Å². The number of carbonyl (C=O) groups excluding carboxylic acids is 1. The lowest BCUT2D eigenvalue weighted by Gasteiger charge is -2.15. The third-order valence-electron chi connectivity index (χ3n) is 2.83. The van der Waals surface area contributed by atoms with E-state index < -0.39 is 0 Å². The Morgan fingerprint density at radius 1 is 1.50 bits per heavy atom. The first-order valence-electron chi connectivity index (χ1n) is 5.66. The number of nitrogens with zero attached hydrogens (tertiary/aromatic N) is 1. The highest BCUT2D eigenvalue weighted by Gasteiger charge is 2.19. The Bertz CT molecular complexity index is 436. The van der Waals surface area contributed by atoms with Gasteiger partial charge in [-0.05, 0) is 26.1 Å². The molecule has 4 nitrogen and oxygen atoms in total. The van der Waals surface area contributed by atoms with Gasteiger partial charge in [-0.3, -0.25) is 4.90 Å². The van der Waals surface area contributed by atoms with E-state index in [1.165, 1.54) is 7.11 Å². The summed E-state index contributed by atoms with van der Waals surface area (Å²) in [5, 5.41) is 0. The standard InChI is InChI=1S/C13H17NO3.H2S/c1-9-7-14(2)8-11-5-4-10(13(15)16-3)6-12(11)17-9;/h4-6,9H,7-8H2,1-3H3;1H2/t9-;/m0./s1. The minimum atomic E-state index is -0.332. The molecule has 1 aliphatic heterocycles. The van der Waals surface area contributed by atoms with Gasteiger partial charge in [-0.25, -0.2) is 4.79 Å². The number of likely N-dealkylation sites (N-methyl/N-ethyl adjacent to an activating group) is 1. The van der Waals surface area contributed by atoms with Crippen LogP contribution in [0.25, 0.3) is 0 Å². The Morgan fingerprint density at radius 2 is 2.22 bits per heavy atom. The molecule has 0 aliphatic carbocycles. The van der Waals surface area contributed by atoms with Crippen LogP contribution in [0.1, 0.15) is 22.8 Å². The van der Waals surface area contributed by atoms with E-state index in [-0.39, 0.29) is 25.6 Å². The zero-order valence-corrected chi connectivity index (χ0v) is 11.9. The Morgan fingerprint density at radius 3 is 2.89 bits per heavy atom. The first kappa shape index (κ1) is 14.9. The lowest BCUT2D eigenvalue weighted by Crippen LogP contribution is -2.27. The van der Waals surface area contributed by atoms with Gasteiger partial charge in [-0.2, -0.15) is 13.5 Å². The molecule has 0 saturated heterocycles. The zero-order valence-electron chi connectivity index (χ0n) is 10.9. The van der Waals surface area contributed by atoms with Crippen LogP contribution >= 0.6 is 13.5 Å². The molecular weight excluding hydrogens is 250 g/mol. The third-order valence-corrected chi connectivity index (χ3v) is 2.83. The molecule has 1 atom stereocenters. The van der Waals surface area contributed by atoms with E-state index in [4.69, 9.17) is 9.47 Å². The number of benzene rings is 1. The molecule has 0 N–H and O–H groups in total. The summed E-state index contributed by atoms with van der Waals surface area (Å²) < 4.78 is 10.5. The van der Waals surface area contributed by atoms with Crippen LogP contribution in [-0.4, -0.2) is 37.7 Å². The van der Waals surface area contributed by atoms with Crippen molar-refractivity contribution in [2.75, 3.05) is 20.7 Å². The molecule has 0 bridgehead atoms. The minimum absolute atomic E-state index is 0. The normalized spacial score (nSPS) is 18.9. The van der Waals surface area contributed by atoms with Crippen molar-refractivity contribution in [1.82, 2.24) is 4.90 Å². The van der Waals surface area contributed by atoms with Crippen LogP contribution in [0.2, 0.25) is 0 Å². The maximum Gasteiger partial charge on any atom is 0.337 e. The van der Waals surface area contributed by atoms with Crippen molar-refractivity contribution < 1.29 is 14.3 Å². The van der Waals surface area contributed by atoms with Crippen LogP contribution < -0.4 is 4.74 Å². The molecule has 1 aliphatic rings. The molecule has 0 unspecified atom stereocenters. The van der Waals surface area contributed by atoms with Crippen LogP contribution in [0.5, 0.6) is 5.75 Å². The zero-order chi connectivity index (χ0) is 12.4. The van der Waals surface area contributed by atoms with E-state index in [0.717, 1.165) is 24.4 Å². The van der Waals surface area contributed by atoms with Crippen molar-refractivity contribution in [3.05, 3.63) is 29.3 Å². The van der Waals surface area contributed by atoms with Gasteiger partial charge in [0.2, 0.25) is 0 Å². The predicted octanol–water partition coefficient (Wildman–Crippen LogP) is 1.80. The highest BCUT2D eigenvalue weighted by Crippen LogP contribution is 2.26. The Balaban J connectivity index is 0.00000162. The average molecular weight is 269 g/mol. The van der Waals surface area contributed by atoms with Crippen LogP contribution in [0.3, 0.4) is 0 Å². The second-order valence-electron chi connectivity index (χ2n) is 4.44. The largest absolute Gasteiger partial charge is 0.489 e. The smallest absolute Gasteiger partial charge is 0.337 e. The van der Waals surface area contributed by atoms with E-state index in [1.54, 1.807) is 12.1 Å². The van der Waals surface area contributed by atoms with Gasteiger partial charge in [0.15, 0.2) is 0 Å². The lowest BCUT2D eigenvalue weighted by atomic mass is 10.1. The van der Waals surface area contributed by atoms with Crippen molar-refractivity contribution in [3.63, 3.8) is 0 Å². The average Bonchev–Trinajstić information content (AvgIpc) is 2.43. The van der Waals surface area contributed by atoms with Crippen LogP contribution in [0.4, 0.5) is 0 Å². The van der Waals surface area contributed by atoms with Gasteiger partial charge in [0.25, 0.3) is 0 Å². The first-order chi connectivity index (χ1) is 8.10. The number of rotatable bonds is 1. The van der Waals surface area contributed by atoms with Gasteiger partial charge < -0.3 is 9.47 Å². The molecule has 1 heterocycles. The SMILES string of the molecule is COC(=O)c1ccc2c(c1)O[C@@H](C)CN(C)C2.S. The summed E-state index contributed by atoms with van der Waals surface area (Å²) in [6.45, 7) is 3.74. The van der Waals surface area contributed by atoms with Gasteiger partial charge in [0.1, 0.15) is 11.9 Å². The molecule has 1 aromatic carbocycles. The second kappa shape index (κ2) is 6.11. The summed E-state index contributed by atoms with van der Waals surface area (Å²) in [4.78, 5) is 13.6. The monoisotopic (exact) mass is 269 g/mol. The number of esters is 1. The van der Waals surface area contributed by atoms with E-state index in [1.807, 2.05) is 13.0 Å². The van der Waals surface area contributed by atoms with Crippen molar-refractivity contribution >= 4 is 19.5 Å². The summed E-state index contributed by atoms with van der Waals surface area (Å²) in [7, 11) is 3.44. The van der Waals surface area contributed by atoms with E-state index in [9.17, 15) is 4.79 Å². The summed E-state index contributed by atoms with van der Waals surface area (Å²) in [6.07, 6.45) is 0.120. The predicted molar refractivity (Wildman–Crippen MR) is 74.6 cm³/mol. The number of hydrogen-bond acceptors (Lipinski definition) is 4. The fraction of sp³-hybridized carbons (Fsp3) is 0.462. The molecule has 0 radical (unpaired) electrons. The van der Waals surface area contributed by atoms with Gasteiger partial charge in [-0.15, -0.1) is 0 Å². The fourth-order valence-electron chi connectivity index (χ4n) is 2.09. The highest BCUT2D eigenvalue weighted by molar-refractivity contribution is 7.59. The molecule has 0 spiro atoms.